The first-order valence-corrected chi connectivity index (χ1v) is 7.40. The van der Waals surface area contributed by atoms with Gasteiger partial charge < -0.3 is 9.47 Å². The zero-order valence-electron chi connectivity index (χ0n) is 13.7. The van der Waals surface area contributed by atoms with Crippen molar-refractivity contribution in [1.82, 2.24) is 15.1 Å². The van der Waals surface area contributed by atoms with Gasteiger partial charge in [-0.1, -0.05) is 0 Å². The number of aromatic nitrogens is 2. The van der Waals surface area contributed by atoms with Crippen molar-refractivity contribution in [3.05, 3.63) is 17.5 Å². The Morgan fingerprint density at radius 3 is 2.65 bits per heavy atom. The topological polar surface area (TPSA) is 102 Å². The van der Waals surface area contributed by atoms with Crippen molar-refractivity contribution in [2.24, 2.45) is 0 Å². The van der Waals surface area contributed by atoms with Gasteiger partial charge in [0.15, 0.2) is 0 Å². The van der Waals surface area contributed by atoms with E-state index in [1.165, 1.54) is 18.1 Å². The first-order chi connectivity index (χ1) is 10.7. The van der Waals surface area contributed by atoms with E-state index < -0.39 is 23.7 Å². The second-order valence-electron chi connectivity index (χ2n) is 6.35. The molecule has 0 bridgehead atoms. The van der Waals surface area contributed by atoms with Gasteiger partial charge in [0.05, 0.1) is 7.11 Å². The Hall–Kier alpha value is -2.38. The average Bonchev–Trinajstić information content (AvgIpc) is 3.12. The summed E-state index contributed by atoms with van der Waals surface area (Å²) in [5.41, 5.74) is -0.430. The van der Waals surface area contributed by atoms with Crippen LogP contribution in [0.1, 0.15) is 54.6 Å². The van der Waals surface area contributed by atoms with E-state index in [0.717, 1.165) is 0 Å². The summed E-state index contributed by atoms with van der Waals surface area (Å²) in [6, 6.07) is 0.707. The molecule has 1 aromatic rings. The standard InChI is InChI=1S/C15H21N3O5/c1-15(2,3)23-14(21)18-7-5-6-11(18)12(19)9-8-10(17-16-9)13(20)22-4/h8,11H,5-7H2,1-4H3,(H,16,17)/t11-/m0/s1. The number of Topliss-reactive ketones (excluding diaryl/α,β-unsaturated/α-hetero) is 1. The van der Waals surface area contributed by atoms with Gasteiger partial charge in [-0.05, 0) is 33.6 Å². The van der Waals surface area contributed by atoms with Gasteiger partial charge >= 0.3 is 12.1 Å². The van der Waals surface area contributed by atoms with Crippen molar-refractivity contribution in [1.29, 1.82) is 0 Å². The molecule has 1 aliphatic heterocycles. The molecule has 2 rings (SSSR count). The number of amides is 1. The summed E-state index contributed by atoms with van der Waals surface area (Å²) in [6.45, 7) is 5.77. The smallest absolute Gasteiger partial charge is 0.410 e. The molecule has 0 aromatic carbocycles. The Kier molecular flexibility index (Phi) is 4.72. The number of carbonyl (C=O) groups is 3. The second kappa shape index (κ2) is 6.39. The summed E-state index contributed by atoms with van der Waals surface area (Å²) in [5, 5.41) is 6.31. The van der Waals surface area contributed by atoms with Gasteiger partial charge in [-0.2, -0.15) is 5.10 Å². The van der Waals surface area contributed by atoms with E-state index in [-0.39, 0.29) is 17.2 Å². The van der Waals surface area contributed by atoms with Gasteiger partial charge in [-0.3, -0.25) is 14.8 Å². The summed E-state index contributed by atoms with van der Waals surface area (Å²) >= 11 is 0. The highest BCUT2D eigenvalue weighted by atomic mass is 16.6. The lowest BCUT2D eigenvalue weighted by atomic mass is 10.1. The fourth-order valence-electron chi connectivity index (χ4n) is 2.41. The van der Waals surface area contributed by atoms with E-state index in [2.05, 4.69) is 14.9 Å². The Morgan fingerprint density at radius 1 is 1.35 bits per heavy atom. The van der Waals surface area contributed by atoms with Gasteiger partial charge in [-0.15, -0.1) is 0 Å². The number of nitrogens with zero attached hydrogens (tertiary/aromatic N) is 2. The molecule has 1 amide bonds. The normalized spacial score (nSPS) is 17.9. The molecule has 0 unspecified atom stereocenters. The molecule has 8 heteroatoms. The predicted octanol–water partition coefficient (Wildman–Crippen LogP) is 1.78. The Bertz CT molecular complexity index is 617. The maximum atomic E-state index is 12.6. The number of likely N-dealkylation sites (tertiary alicyclic amines) is 1. The number of esters is 1. The summed E-state index contributed by atoms with van der Waals surface area (Å²) < 4.78 is 9.89. The average molecular weight is 323 g/mol. The van der Waals surface area contributed by atoms with Crippen LogP contribution in [-0.4, -0.2) is 58.2 Å². The summed E-state index contributed by atoms with van der Waals surface area (Å²) in [6.07, 6.45) is 0.736. The minimum Gasteiger partial charge on any atom is -0.464 e. The number of nitrogens with one attached hydrogen (secondary N) is 1. The number of H-pyrrole nitrogens is 1. The van der Waals surface area contributed by atoms with E-state index >= 15 is 0 Å². The summed E-state index contributed by atoms with van der Waals surface area (Å²) in [4.78, 5) is 37.6. The zero-order chi connectivity index (χ0) is 17.2. The van der Waals surface area contributed by atoms with E-state index in [4.69, 9.17) is 4.74 Å². The molecular weight excluding hydrogens is 302 g/mol. The molecule has 23 heavy (non-hydrogen) atoms. The minimum atomic E-state index is -0.627. The monoisotopic (exact) mass is 323 g/mol. The lowest BCUT2D eigenvalue weighted by molar-refractivity contribution is 0.0221. The second-order valence-corrected chi connectivity index (χ2v) is 6.35. The molecule has 0 spiro atoms. The maximum Gasteiger partial charge on any atom is 0.410 e. The van der Waals surface area contributed by atoms with Crippen LogP contribution in [0.3, 0.4) is 0 Å². The molecule has 1 saturated heterocycles. The van der Waals surface area contributed by atoms with Crippen LogP contribution in [0, 0.1) is 0 Å². The van der Waals surface area contributed by atoms with E-state index in [0.29, 0.717) is 19.4 Å². The summed E-state index contributed by atoms with van der Waals surface area (Å²) in [7, 11) is 1.24. The van der Waals surface area contributed by atoms with Gasteiger partial charge in [0, 0.05) is 12.6 Å². The number of methoxy groups -OCH3 is 1. The largest absolute Gasteiger partial charge is 0.464 e. The molecule has 1 aliphatic rings. The highest BCUT2D eigenvalue weighted by Crippen LogP contribution is 2.23. The Labute approximate surface area is 134 Å². The maximum absolute atomic E-state index is 12.6. The van der Waals surface area contributed by atoms with Gasteiger partial charge in [0.1, 0.15) is 23.0 Å². The first kappa shape index (κ1) is 17.0. The lowest BCUT2D eigenvalue weighted by Crippen LogP contribution is -2.43. The van der Waals surface area contributed by atoms with Crippen LogP contribution in [-0.2, 0) is 9.47 Å². The van der Waals surface area contributed by atoms with Crippen LogP contribution in [0.4, 0.5) is 4.79 Å². The van der Waals surface area contributed by atoms with Gasteiger partial charge in [0.25, 0.3) is 0 Å². The van der Waals surface area contributed by atoms with Gasteiger partial charge in [-0.25, -0.2) is 9.59 Å². The molecule has 0 radical (unpaired) electrons. The molecule has 1 atom stereocenters. The molecule has 0 aliphatic carbocycles. The number of hydrogen-bond donors (Lipinski definition) is 1. The van der Waals surface area contributed by atoms with Crippen molar-refractivity contribution in [2.45, 2.75) is 45.3 Å². The van der Waals surface area contributed by atoms with Crippen LogP contribution in [0.15, 0.2) is 6.07 Å². The number of rotatable bonds is 3. The fourth-order valence-corrected chi connectivity index (χ4v) is 2.41. The molecule has 1 aromatic heterocycles. The highest BCUT2D eigenvalue weighted by molar-refractivity contribution is 6.01. The molecule has 1 fully saturated rings. The van der Waals surface area contributed by atoms with Crippen molar-refractivity contribution in [3.8, 4) is 0 Å². The van der Waals surface area contributed by atoms with Crippen molar-refractivity contribution in [3.63, 3.8) is 0 Å². The zero-order valence-corrected chi connectivity index (χ0v) is 13.7. The third-order valence-electron chi connectivity index (χ3n) is 3.42. The third kappa shape index (κ3) is 3.88. The van der Waals surface area contributed by atoms with E-state index in [1.54, 1.807) is 20.8 Å². The van der Waals surface area contributed by atoms with Crippen LogP contribution in [0.5, 0.6) is 0 Å². The van der Waals surface area contributed by atoms with Crippen LogP contribution < -0.4 is 0 Å². The Morgan fingerprint density at radius 2 is 2.04 bits per heavy atom. The summed E-state index contributed by atoms with van der Waals surface area (Å²) in [5.74, 6) is -0.924. The van der Waals surface area contributed by atoms with Crippen molar-refractivity contribution >= 4 is 17.8 Å². The van der Waals surface area contributed by atoms with E-state index in [9.17, 15) is 14.4 Å². The fraction of sp³-hybridized carbons (Fsp3) is 0.600. The lowest BCUT2D eigenvalue weighted by Gasteiger charge is -2.27. The van der Waals surface area contributed by atoms with Gasteiger partial charge in [0.2, 0.25) is 5.78 Å². The molecule has 1 N–H and O–H groups in total. The molecule has 126 valence electrons. The molecule has 2 heterocycles. The quantitative estimate of drug-likeness (QED) is 0.672. The minimum absolute atomic E-state index is 0.0951. The Balaban J connectivity index is 2.13. The molecule has 8 nitrogen and oxygen atoms in total. The highest BCUT2D eigenvalue weighted by Gasteiger charge is 2.37. The number of ether oxygens (including phenoxy) is 2. The molecule has 0 saturated carbocycles. The van der Waals surface area contributed by atoms with Crippen LogP contribution in [0.25, 0.3) is 0 Å². The van der Waals surface area contributed by atoms with Crippen LogP contribution in [0.2, 0.25) is 0 Å². The number of aromatic amines is 1. The SMILES string of the molecule is COC(=O)c1cc(C(=O)[C@@H]2CCCN2C(=O)OC(C)(C)C)n[nH]1. The van der Waals surface area contributed by atoms with E-state index in [1.807, 2.05) is 0 Å². The first-order valence-electron chi connectivity index (χ1n) is 7.40. The van der Waals surface area contributed by atoms with Crippen molar-refractivity contribution < 1.29 is 23.9 Å². The number of hydrogen-bond acceptors (Lipinski definition) is 6. The van der Waals surface area contributed by atoms with Crippen LogP contribution >= 0.6 is 0 Å². The number of carbonyl (C=O) groups excluding carboxylic acids is 3. The predicted molar refractivity (Wildman–Crippen MR) is 80.2 cm³/mol. The molecular formula is C15H21N3O5. The number of ketones is 1. The van der Waals surface area contributed by atoms with Crippen molar-refractivity contribution in [2.75, 3.05) is 13.7 Å². The third-order valence-corrected chi connectivity index (χ3v) is 3.42.